The maximum atomic E-state index is 13.4. The Morgan fingerprint density at radius 3 is 2.57 bits per heavy atom. The zero-order valence-electron chi connectivity index (χ0n) is 15.5. The fraction of sp³-hybridized carbons (Fsp3) is 0.286. The van der Waals surface area contributed by atoms with Crippen LogP contribution in [0.15, 0.2) is 42.5 Å². The first-order valence-electron chi connectivity index (χ1n) is 9.09. The molecule has 1 aliphatic heterocycles. The number of hydrogen-bond acceptors (Lipinski definition) is 6. The summed E-state index contributed by atoms with van der Waals surface area (Å²) >= 11 is 0. The van der Waals surface area contributed by atoms with Gasteiger partial charge >= 0.3 is 5.97 Å². The van der Waals surface area contributed by atoms with Crippen molar-refractivity contribution in [1.29, 1.82) is 0 Å². The van der Waals surface area contributed by atoms with Crippen LogP contribution in [0.3, 0.4) is 0 Å². The quantitative estimate of drug-likeness (QED) is 0.647. The first-order chi connectivity index (χ1) is 13.6. The van der Waals surface area contributed by atoms with Crippen LogP contribution >= 0.6 is 0 Å². The van der Waals surface area contributed by atoms with Gasteiger partial charge in [-0.25, -0.2) is 19.2 Å². The van der Waals surface area contributed by atoms with Crippen LogP contribution in [-0.4, -0.2) is 54.3 Å². The van der Waals surface area contributed by atoms with Crippen molar-refractivity contribution in [1.82, 2.24) is 14.9 Å². The number of aromatic nitrogens is 2. The fourth-order valence-corrected chi connectivity index (χ4v) is 3.26. The number of rotatable bonds is 4. The van der Waals surface area contributed by atoms with E-state index in [1.807, 2.05) is 0 Å². The van der Waals surface area contributed by atoms with E-state index < -0.39 is 5.97 Å². The minimum absolute atomic E-state index is 0.305. The molecule has 28 heavy (non-hydrogen) atoms. The molecule has 0 saturated carbocycles. The summed E-state index contributed by atoms with van der Waals surface area (Å²) in [5, 5.41) is 0. The van der Waals surface area contributed by atoms with Gasteiger partial charge in [-0.3, -0.25) is 4.90 Å². The Bertz CT molecular complexity index is 1000. The highest BCUT2D eigenvalue weighted by molar-refractivity contribution is 5.93. The fourth-order valence-electron chi connectivity index (χ4n) is 3.26. The van der Waals surface area contributed by atoms with Crippen molar-refractivity contribution in [2.75, 3.05) is 33.4 Å². The maximum Gasteiger partial charge on any atom is 0.337 e. The number of carbonyl (C=O) groups excluding carboxylic acids is 1. The van der Waals surface area contributed by atoms with Crippen molar-refractivity contribution in [3.05, 3.63) is 59.5 Å². The second kappa shape index (κ2) is 8.00. The molecule has 1 aromatic heterocycles. The zero-order valence-corrected chi connectivity index (χ0v) is 15.5. The van der Waals surface area contributed by atoms with E-state index in [0.29, 0.717) is 42.0 Å². The van der Waals surface area contributed by atoms with Gasteiger partial charge in [0.15, 0.2) is 0 Å². The van der Waals surface area contributed by atoms with Crippen molar-refractivity contribution >= 4 is 17.0 Å². The van der Waals surface area contributed by atoms with Gasteiger partial charge in [0, 0.05) is 25.2 Å². The molecule has 3 aromatic rings. The molecule has 7 heteroatoms. The van der Waals surface area contributed by atoms with Gasteiger partial charge in [-0.05, 0) is 42.5 Å². The number of benzene rings is 2. The molecule has 0 aliphatic carbocycles. The molecule has 0 unspecified atom stereocenters. The number of fused-ring (bicyclic) bond motifs is 1. The molecular formula is C21H20FN3O3. The predicted molar refractivity (Wildman–Crippen MR) is 102 cm³/mol. The van der Waals surface area contributed by atoms with Crippen molar-refractivity contribution in [2.45, 2.75) is 6.54 Å². The summed E-state index contributed by atoms with van der Waals surface area (Å²) in [6.45, 7) is 3.65. The molecule has 1 aliphatic rings. The number of methoxy groups -OCH3 is 1. The standard InChI is InChI=1S/C21H20FN3O3/c1-27-21(26)15-4-7-17-18(12-15)24-20(14-2-5-16(22)6-3-14)19(23-17)13-25-8-10-28-11-9-25/h2-7,12H,8-11,13H2,1H3. The first kappa shape index (κ1) is 18.5. The van der Waals surface area contributed by atoms with Crippen LogP contribution in [0.25, 0.3) is 22.3 Å². The van der Waals surface area contributed by atoms with Crippen LogP contribution in [0, 0.1) is 5.82 Å². The SMILES string of the molecule is COC(=O)c1ccc2nc(CN3CCOCC3)c(-c3ccc(F)cc3)nc2c1. The van der Waals surface area contributed by atoms with Crippen LogP contribution in [0.1, 0.15) is 16.1 Å². The number of carbonyl (C=O) groups is 1. The van der Waals surface area contributed by atoms with Crippen molar-refractivity contribution < 1.29 is 18.7 Å². The molecule has 1 saturated heterocycles. The summed E-state index contributed by atoms with van der Waals surface area (Å²) in [6.07, 6.45) is 0. The Morgan fingerprint density at radius 1 is 1.11 bits per heavy atom. The Hall–Kier alpha value is -2.90. The van der Waals surface area contributed by atoms with Crippen LogP contribution in [0.5, 0.6) is 0 Å². The summed E-state index contributed by atoms with van der Waals surface area (Å²) in [7, 11) is 1.34. The summed E-state index contributed by atoms with van der Waals surface area (Å²) < 4.78 is 23.6. The van der Waals surface area contributed by atoms with Crippen LogP contribution in [0.4, 0.5) is 4.39 Å². The number of morpholine rings is 1. The van der Waals surface area contributed by atoms with E-state index in [1.54, 1.807) is 30.3 Å². The lowest BCUT2D eigenvalue weighted by Crippen LogP contribution is -2.36. The minimum Gasteiger partial charge on any atom is -0.465 e. The number of nitrogens with zero attached hydrogens (tertiary/aromatic N) is 3. The van der Waals surface area contributed by atoms with Gasteiger partial charge in [-0.15, -0.1) is 0 Å². The average Bonchev–Trinajstić information content (AvgIpc) is 2.74. The van der Waals surface area contributed by atoms with Gasteiger partial charge < -0.3 is 9.47 Å². The molecular weight excluding hydrogens is 361 g/mol. The second-order valence-electron chi connectivity index (χ2n) is 6.61. The van der Waals surface area contributed by atoms with E-state index in [1.165, 1.54) is 19.2 Å². The third-order valence-corrected chi connectivity index (χ3v) is 4.75. The van der Waals surface area contributed by atoms with Crippen molar-refractivity contribution in [3.8, 4) is 11.3 Å². The van der Waals surface area contributed by atoms with Gasteiger partial charge in [0.05, 0.1) is 48.3 Å². The summed E-state index contributed by atoms with van der Waals surface area (Å²) in [4.78, 5) is 23.7. The third kappa shape index (κ3) is 3.85. The summed E-state index contributed by atoms with van der Waals surface area (Å²) in [6, 6.07) is 11.3. The molecule has 0 N–H and O–H groups in total. The van der Waals surface area contributed by atoms with Crippen molar-refractivity contribution in [3.63, 3.8) is 0 Å². The van der Waals surface area contributed by atoms with E-state index in [4.69, 9.17) is 19.4 Å². The Kier molecular flexibility index (Phi) is 5.27. The molecule has 0 spiro atoms. The highest BCUT2D eigenvalue weighted by Crippen LogP contribution is 2.26. The Labute approximate surface area is 161 Å². The topological polar surface area (TPSA) is 64.5 Å². The normalized spacial score (nSPS) is 14.9. The molecule has 2 heterocycles. The number of hydrogen-bond donors (Lipinski definition) is 0. The van der Waals surface area contributed by atoms with E-state index >= 15 is 0 Å². The molecule has 0 radical (unpaired) electrons. The molecule has 1 fully saturated rings. The summed E-state index contributed by atoms with van der Waals surface area (Å²) in [5.41, 5.74) is 3.97. The molecule has 144 valence electrons. The first-order valence-corrected chi connectivity index (χ1v) is 9.09. The lowest BCUT2D eigenvalue weighted by Gasteiger charge is -2.26. The molecule has 0 atom stereocenters. The number of esters is 1. The molecule has 2 aromatic carbocycles. The molecule has 0 amide bonds. The highest BCUT2D eigenvalue weighted by atomic mass is 19.1. The monoisotopic (exact) mass is 381 g/mol. The van der Waals surface area contributed by atoms with Gasteiger partial charge in [0.1, 0.15) is 5.82 Å². The van der Waals surface area contributed by atoms with E-state index in [0.717, 1.165) is 24.3 Å². The highest BCUT2D eigenvalue weighted by Gasteiger charge is 2.18. The van der Waals surface area contributed by atoms with Crippen molar-refractivity contribution in [2.24, 2.45) is 0 Å². The lowest BCUT2D eigenvalue weighted by atomic mass is 10.1. The van der Waals surface area contributed by atoms with Gasteiger partial charge in [-0.1, -0.05) is 0 Å². The third-order valence-electron chi connectivity index (χ3n) is 4.75. The van der Waals surface area contributed by atoms with E-state index in [-0.39, 0.29) is 5.82 Å². The Morgan fingerprint density at radius 2 is 1.86 bits per heavy atom. The van der Waals surface area contributed by atoms with E-state index in [2.05, 4.69) is 4.90 Å². The lowest BCUT2D eigenvalue weighted by molar-refractivity contribution is 0.0337. The van der Waals surface area contributed by atoms with Crippen LogP contribution in [0.2, 0.25) is 0 Å². The van der Waals surface area contributed by atoms with Gasteiger partial charge in [0.2, 0.25) is 0 Å². The summed E-state index contributed by atoms with van der Waals surface area (Å²) in [5.74, 6) is -0.732. The molecule has 4 rings (SSSR count). The largest absolute Gasteiger partial charge is 0.465 e. The average molecular weight is 381 g/mol. The number of halogens is 1. The molecule has 6 nitrogen and oxygen atoms in total. The second-order valence-corrected chi connectivity index (χ2v) is 6.61. The van der Waals surface area contributed by atoms with Crippen LogP contribution in [-0.2, 0) is 16.0 Å². The predicted octanol–water partition coefficient (Wildman–Crippen LogP) is 3.05. The van der Waals surface area contributed by atoms with E-state index in [9.17, 15) is 9.18 Å². The van der Waals surface area contributed by atoms with Crippen LogP contribution < -0.4 is 0 Å². The molecule has 0 bridgehead atoms. The maximum absolute atomic E-state index is 13.4. The van der Waals surface area contributed by atoms with Gasteiger partial charge in [-0.2, -0.15) is 0 Å². The Balaban J connectivity index is 1.81. The zero-order chi connectivity index (χ0) is 19.5. The van der Waals surface area contributed by atoms with Gasteiger partial charge in [0.25, 0.3) is 0 Å². The number of ether oxygens (including phenoxy) is 2. The minimum atomic E-state index is -0.426. The smallest absolute Gasteiger partial charge is 0.337 e.